The second kappa shape index (κ2) is 8.31. The molecule has 158 valence electrons. The molecule has 0 unspecified atom stereocenters. The van der Waals surface area contributed by atoms with Crippen molar-refractivity contribution in [3.63, 3.8) is 0 Å². The zero-order valence-electron chi connectivity index (χ0n) is 17.1. The van der Waals surface area contributed by atoms with Gasteiger partial charge >= 0.3 is 0 Å². The van der Waals surface area contributed by atoms with E-state index in [9.17, 15) is 14.0 Å². The summed E-state index contributed by atoms with van der Waals surface area (Å²) in [6.07, 6.45) is 0.180. The number of nitrogens with zero attached hydrogens (tertiary/aromatic N) is 2. The van der Waals surface area contributed by atoms with Crippen molar-refractivity contribution in [2.75, 3.05) is 50.2 Å². The molecule has 4 rings (SSSR count). The van der Waals surface area contributed by atoms with E-state index >= 15 is 0 Å². The number of nitrogens with one attached hydrogen (secondary N) is 1. The summed E-state index contributed by atoms with van der Waals surface area (Å²) >= 11 is 0. The number of rotatable bonds is 5. The predicted octanol–water partition coefficient (Wildman–Crippen LogP) is 0.880. The molecule has 2 aliphatic rings. The average Bonchev–Trinajstić information content (AvgIpc) is 3.07. The van der Waals surface area contributed by atoms with Crippen molar-refractivity contribution in [2.24, 2.45) is 0 Å². The number of carbonyl (C=O) groups is 2. The van der Waals surface area contributed by atoms with Crippen LogP contribution in [0.4, 0.5) is 15.8 Å². The molecule has 0 bridgehead atoms. The number of ether oxygens (including phenoxy) is 2. The molecule has 2 aliphatic heterocycles. The monoisotopic (exact) mass is 414 g/mol. The number of benzene rings is 2. The topological polar surface area (TPSA) is 63.5 Å². The molecule has 0 saturated carbocycles. The number of hydrogen-bond donors (Lipinski definition) is 1. The van der Waals surface area contributed by atoms with Gasteiger partial charge in [-0.3, -0.25) is 9.59 Å². The van der Waals surface area contributed by atoms with Crippen molar-refractivity contribution in [1.29, 1.82) is 0 Å². The normalized spacial score (nSPS) is 20.0. The molecular weight excluding hydrogens is 389 g/mol. The van der Waals surface area contributed by atoms with E-state index in [1.165, 1.54) is 24.1 Å². The predicted molar refractivity (Wildman–Crippen MR) is 110 cm³/mol. The van der Waals surface area contributed by atoms with Crippen LogP contribution in [0.25, 0.3) is 0 Å². The van der Waals surface area contributed by atoms with Gasteiger partial charge in [0.2, 0.25) is 5.91 Å². The van der Waals surface area contributed by atoms with Crippen LogP contribution in [0.2, 0.25) is 0 Å². The molecule has 30 heavy (non-hydrogen) atoms. The Hall–Kier alpha value is -3.13. The Bertz CT molecular complexity index is 942. The van der Waals surface area contributed by atoms with Gasteiger partial charge in [0, 0.05) is 11.8 Å². The van der Waals surface area contributed by atoms with Crippen molar-refractivity contribution in [3.05, 3.63) is 48.3 Å². The van der Waals surface area contributed by atoms with E-state index < -0.39 is 6.04 Å². The van der Waals surface area contributed by atoms with Crippen LogP contribution in [0.5, 0.6) is 11.5 Å². The Labute approximate surface area is 174 Å². The van der Waals surface area contributed by atoms with Crippen molar-refractivity contribution < 1.29 is 28.4 Å². The molecule has 2 heterocycles. The molecule has 0 spiro atoms. The molecule has 1 N–H and O–H groups in total. The van der Waals surface area contributed by atoms with Gasteiger partial charge in [-0.15, -0.1) is 0 Å². The maximum absolute atomic E-state index is 13.2. The van der Waals surface area contributed by atoms with Crippen molar-refractivity contribution in [1.82, 2.24) is 0 Å². The molecular formula is C22H25FN3O4+. The maximum atomic E-state index is 13.2. The third kappa shape index (κ3) is 3.70. The quantitative estimate of drug-likeness (QED) is 0.736. The van der Waals surface area contributed by atoms with Gasteiger partial charge in [-0.1, -0.05) is 0 Å². The summed E-state index contributed by atoms with van der Waals surface area (Å²) in [5.41, 5.74) is 1.41. The molecule has 2 aromatic carbocycles. The van der Waals surface area contributed by atoms with Crippen LogP contribution in [-0.4, -0.2) is 58.3 Å². The molecule has 2 fully saturated rings. The van der Waals surface area contributed by atoms with Gasteiger partial charge in [0.25, 0.3) is 5.91 Å². The first-order valence-electron chi connectivity index (χ1n) is 9.95. The third-order valence-corrected chi connectivity index (χ3v) is 5.86. The lowest BCUT2D eigenvalue weighted by molar-refractivity contribution is -0.915. The maximum Gasteiger partial charge on any atom is 0.292 e. The largest absolute Gasteiger partial charge is 0.497 e. The number of quaternary nitrogens is 1. The Balaban J connectivity index is 1.47. The molecule has 0 aromatic heterocycles. The molecule has 2 aromatic rings. The van der Waals surface area contributed by atoms with Crippen LogP contribution in [0.3, 0.4) is 0 Å². The second-order valence-electron chi connectivity index (χ2n) is 7.48. The Morgan fingerprint density at radius 3 is 2.33 bits per heavy atom. The van der Waals surface area contributed by atoms with Gasteiger partial charge in [-0.2, -0.15) is 0 Å². The van der Waals surface area contributed by atoms with E-state index in [-0.39, 0.29) is 24.1 Å². The summed E-state index contributed by atoms with van der Waals surface area (Å²) in [6.45, 7) is 2.94. The highest BCUT2D eigenvalue weighted by atomic mass is 19.1. The van der Waals surface area contributed by atoms with E-state index in [2.05, 4.69) is 4.90 Å². The SMILES string of the molecule is COc1ccc(N2C(=O)C[C@@H]([NH+]3CCN(c4ccc(F)cc4)CC3)C2=O)c(OC)c1. The number of imide groups is 1. The van der Waals surface area contributed by atoms with Crippen molar-refractivity contribution in [3.8, 4) is 11.5 Å². The Morgan fingerprint density at radius 1 is 1.00 bits per heavy atom. The van der Waals surface area contributed by atoms with E-state index in [1.807, 2.05) is 0 Å². The lowest BCUT2D eigenvalue weighted by Gasteiger charge is -2.35. The summed E-state index contributed by atoms with van der Waals surface area (Å²) in [6, 6.07) is 11.1. The smallest absolute Gasteiger partial charge is 0.292 e. The zero-order valence-corrected chi connectivity index (χ0v) is 17.1. The number of methoxy groups -OCH3 is 2. The van der Waals surface area contributed by atoms with E-state index in [4.69, 9.17) is 9.47 Å². The molecule has 2 saturated heterocycles. The highest BCUT2D eigenvalue weighted by molar-refractivity contribution is 6.22. The van der Waals surface area contributed by atoms with Crippen molar-refractivity contribution >= 4 is 23.2 Å². The van der Waals surface area contributed by atoms with Crippen LogP contribution >= 0.6 is 0 Å². The van der Waals surface area contributed by atoms with Crippen LogP contribution in [0, 0.1) is 5.82 Å². The lowest BCUT2D eigenvalue weighted by atomic mass is 10.1. The Morgan fingerprint density at radius 2 is 1.70 bits per heavy atom. The standard InChI is InChI=1S/C22H24FN3O4/c1-29-17-7-8-18(20(13-17)30-2)26-21(27)14-19(22(26)28)25-11-9-24(10-12-25)16-5-3-15(23)4-6-16/h3-8,13,19H,9-12,14H2,1-2H3/p+1/t19-/m1/s1. The average molecular weight is 414 g/mol. The van der Waals surface area contributed by atoms with Crippen LogP contribution < -0.4 is 24.2 Å². The fraction of sp³-hybridized carbons (Fsp3) is 0.364. The summed E-state index contributed by atoms with van der Waals surface area (Å²) in [5.74, 6) is 0.337. The van der Waals surface area contributed by atoms with Gasteiger partial charge in [0.15, 0.2) is 6.04 Å². The highest BCUT2D eigenvalue weighted by Gasteiger charge is 2.47. The van der Waals surface area contributed by atoms with Gasteiger partial charge in [-0.25, -0.2) is 9.29 Å². The number of piperazine rings is 1. The molecule has 2 amide bonds. The highest BCUT2D eigenvalue weighted by Crippen LogP contribution is 2.34. The van der Waals surface area contributed by atoms with Crippen LogP contribution in [0.1, 0.15) is 6.42 Å². The molecule has 0 radical (unpaired) electrons. The molecule has 7 nitrogen and oxygen atoms in total. The summed E-state index contributed by atoms with van der Waals surface area (Å²) in [7, 11) is 3.05. The van der Waals surface area contributed by atoms with Gasteiger partial charge in [0.05, 0.1) is 52.5 Å². The first-order chi connectivity index (χ1) is 14.5. The first kappa shape index (κ1) is 20.2. The summed E-state index contributed by atoms with van der Waals surface area (Å²) in [4.78, 5) is 30.4. The van der Waals surface area contributed by atoms with Crippen molar-refractivity contribution in [2.45, 2.75) is 12.5 Å². The zero-order chi connectivity index (χ0) is 21.3. The van der Waals surface area contributed by atoms with E-state index in [1.54, 1.807) is 37.4 Å². The summed E-state index contributed by atoms with van der Waals surface area (Å²) < 4.78 is 23.7. The van der Waals surface area contributed by atoms with Gasteiger partial charge in [0.1, 0.15) is 17.3 Å². The second-order valence-corrected chi connectivity index (χ2v) is 7.48. The number of carbonyl (C=O) groups excluding carboxylic acids is 2. The first-order valence-corrected chi connectivity index (χ1v) is 9.95. The fourth-order valence-corrected chi connectivity index (χ4v) is 4.23. The Kier molecular flexibility index (Phi) is 5.59. The minimum absolute atomic E-state index is 0.180. The number of halogens is 1. The number of hydrogen-bond acceptors (Lipinski definition) is 5. The third-order valence-electron chi connectivity index (χ3n) is 5.86. The molecule has 0 aliphatic carbocycles. The fourth-order valence-electron chi connectivity index (χ4n) is 4.23. The van der Waals surface area contributed by atoms with Gasteiger partial charge < -0.3 is 19.3 Å². The lowest BCUT2D eigenvalue weighted by Crippen LogP contribution is -3.19. The summed E-state index contributed by atoms with van der Waals surface area (Å²) in [5, 5.41) is 0. The van der Waals surface area contributed by atoms with E-state index in [0.29, 0.717) is 17.2 Å². The van der Waals surface area contributed by atoms with Crippen LogP contribution in [0.15, 0.2) is 42.5 Å². The number of anilines is 2. The van der Waals surface area contributed by atoms with Gasteiger partial charge in [-0.05, 0) is 36.4 Å². The molecule has 1 atom stereocenters. The van der Waals surface area contributed by atoms with Crippen LogP contribution in [-0.2, 0) is 9.59 Å². The number of amides is 2. The van der Waals surface area contributed by atoms with E-state index in [0.717, 1.165) is 36.8 Å². The molecule has 8 heteroatoms. The minimum atomic E-state index is -0.403. The minimum Gasteiger partial charge on any atom is -0.497 e.